The van der Waals surface area contributed by atoms with Crippen LogP contribution in [0.5, 0.6) is 0 Å². The number of rotatable bonds is 8. The zero-order chi connectivity index (χ0) is 48.8. The van der Waals surface area contributed by atoms with Gasteiger partial charge in [0.1, 0.15) is 29.1 Å². The summed E-state index contributed by atoms with van der Waals surface area (Å²) in [7, 11) is 1.69. The third kappa shape index (κ3) is 7.74. The molecule has 0 saturated carbocycles. The van der Waals surface area contributed by atoms with E-state index in [1.165, 1.54) is 15.8 Å². The lowest BCUT2D eigenvalue weighted by molar-refractivity contribution is -0.136. The second-order valence-electron chi connectivity index (χ2n) is 21.0. The van der Waals surface area contributed by atoms with Crippen molar-refractivity contribution in [2.24, 2.45) is 17.9 Å². The molecule has 11 rings (SSSR count). The summed E-state index contributed by atoms with van der Waals surface area (Å²) in [4.78, 5) is 95.6. The average molecular weight is 947 g/mol. The molecule has 362 valence electrons. The van der Waals surface area contributed by atoms with Gasteiger partial charge in [-0.1, -0.05) is 13.8 Å². The minimum absolute atomic E-state index is 0.0773. The summed E-state index contributed by atoms with van der Waals surface area (Å²) < 4.78 is 3.66. The fourth-order valence-electron chi connectivity index (χ4n) is 12.4. The first-order valence-electron chi connectivity index (χ1n) is 24.5. The Morgan fingerprint density at radius 3 is 2.40 bits per heavy atom. The molecular weight excluding hydrogens is 889 g/mol. The molecule has 4 aromatic heterocycles. The van der Waals surface area contributed by atoms with E-state index in [4.69, 9.17) is 4.98 Å². The van der Waals surface area contributed by atoms with Gasteiger partial charge in [0.15, 0.2) is 0 Å². The van der Waals surface area contributed by atoms with Crippen LogP contribution < -0.4 is 30.9 Å². The molecule has 5 amide bonds. The summed E-state index contributed by atoms with van der Waals surface area (Å²) in [5.41, 5.74) is 7.84. The highest BCUT2D eigenvalue weighted by Crippen LogP contribution is 2.46. The molecule has 3 saturated heterocycles. The fraction of sp³-hybridized carbons (Fsp3) is 0.434. The summed E-state index contributed by atoms with van der Waals surface area (Å²) in [6, 6.07) is 14.1. The van der Waals surface area contributed by atoms with Crippen molar-refractivity contribution in [1.82, 2.24) is 29.3 Å². The van der Waals surface area contributed by atoms with Gasteiger partial charge in [0.2, 0.25) is 11.8 Å². The molecule has 17 heteroatoms. The van der Waals surface area contributed by atoms with Crippen molar-refractivity contribution in [2.45, 2.75) is 104 Å². The molecule has 3 fully saturated rings. The predicted octanol–water partition coefficient (Wildman–Crippen LogP) is 5.73. The van der Waals surface area contributed by atoms with Gasteiger partial charge < -0.3 is 29.4 Å². The van der Waals surface area contributed by atoms with E-state index < -0.39 is 29.7 Å². The normalized spacial score (nSPS) is 23.1. The molecular formula is C53H58N10O7. The summed E-state index contributed by atoms with van der Waals surface area (Å²) >= 11 is 0. The Kier molecular flexibility index (Phi) is 11.0. The van der Waals surface area contributed by atoms with Crippen LogP contribution in [0.3, 0.4) is 0 Å². The van der Waals surface area contributed by atoms with Gasteiger partial charge in [-0.15, -0.1) is 0 Å². The molecule has 6 aliphatic rings. The smallest absolute Gasteiger partial charge is 0.276 e. The van der Waals surface area contributed by atoms with Crippen LogP contribution in [0.1, 0.15) is 114 Å². The van der Waals surface area contributed by atoms with Crippen molar-refractivity contribution < 1.29 is 29.1 Å². The lowest BCUT2D eigenvalue weighted by atomic mass is 9.70. The van der Waals surface area contributed by atoms with Crippen molar-refractivity contribution in [3.05, 3.63) is 111 Å². The molecule has 1 aliphatic carbocycles. The number of pyridine rings is 3. The molecule has 9 heterocycles. The van der Waals surface area contributed by atoms with Crippen LogP contribution in [0.4, 0.5) is 28.7 Å². The Balaban J connectivity index is 0.745. The van der Waals surface area contributed by atoms with E-state index in [-0.39, 0.29) is 53.4 Å². The second-order valence-corrected chi connectivity index (χ2v) is 21.0. The fourth-order valence-corrected chi connectivity index (χ4v) is 12.4. The van der Waals surface area contributed by atoms with Crippen LogP contribution in [0, 0.1) is 10.8 Å². The number of aliphatic hydroxyl groups is 1. The molecule has 0 bridgehead atoms. The monoisotopic (exact) mass is 946 g/mol. The summed E-state index contributed by atoms with van der Waals surface area (Å²) in [5, 5.41) is 16.3. The van der Waals surface area contributed by atoms with Gasteiger partial charge in [-0.3, -0.25) is 43.9 Å². The van der Waals surface area contributed by atoms with Crippen molar-refractivity contribution in [2.75, 3.05) is 46.2 Å². The van der Waals surface area contributed by atoms with Crippen LogP contribution in [0.25, 0.3) is 11.1 Å². The Bertz CT molecular complexity index is 3090. The Hall–Kier alpha value is -7.14. The maximum Gasteiger partial charge on any atom is 0.276 e. The minimum atomic E-state index is -0.996. The second kappa shape index (κ2) is 17.1. The number of amides is 5. The third-order valence-electron chi connectivity index (χ3n) is 15.9. The number of hydrogen-bond donors (Lipinski definition) is 3. The van der Waals surface area contributed by atoms with Crippen molar-refractivity contribution in [1.29, 1.82) is 0 Å². The van der Waals surface area contributed by atoms with Gasteiger partial charge in [-0.25, -0.2) is 9.97 Å². The summed E-state index contributed by atoms with van der Waals surface area (Å²) in [6.45, 7) is 10.00. The number of anilines is 5. The number of nitrogens with zero attached hydrogens (tertiary/aromatic N) is 8. The number of carbonyl (C=O) groups is 5. The summed E-state index contributed by atoms with van der Waals surface area (Å²) in [6.07, 6.45) is 12.4. The van der Waals surface area contributed by atoms with Gasteiger partial charge in [0, 0.05) is 87.1 Å². The zero-order valence-electron chi connectivity index (χ0n) is 40.1. The molecule has 1 unspecified atom stereocenters. The van der Waals surface area contributed by atoms with Crippen LogP contribution in [-0.2, 0) is 42.6 Å². The number of benzene rings is 1. The Morgan fingerprint density at radius 2 is 1.63 bits per heavy atom. The standard InChI is InChI=1S/C53H58N10O7/c1-31-25-53(13-5-17-59(18-14-53)34-6-8-37-38(24-34)49(68)63(48(37)67)41-9-11-45(65)57-47(41)66)15-19-60(31)35-7-10-44(55-28-35)56-40-22-33(29-58(4)50(40)69)36-12-16-54-46(39(36)30-64)62-21-20-61-42(51(62)70)23-32-26-52(2,3)27-43(32)61/h6-8,10,12,16,22-24,28-29,31,41,64H,5,9,11,13-15,17-21,25-27,30H2,1-4H3,(H,55,56)(H,57,65,66)/t31-,41?,53-/m0/s1. The number of imide groups is 2. The molecule has 0 radical (unpaired) electrons. The number of aromatic nitrogens is 4. The zero-order valence-corrected chi connectivity index (χ0v) is 40.1. The van der Waals surface area contributed by atoms with Crippen molar-refractivity contribution >= 4 is 58.2 Å². The number of fused-ring (bicyclic) bond motifs is 4. The topological polar surface area (TPSA) is 195 Å². The summed E-state index contributed by atoms with van der Waals surface area (Å²) in [5.74, 6) is -1.23. The highest BCUT2D eigenvalue weighted by molar-refractivity contribution is 6.23. The van der Waals surface area contributed by atoms with Crippen molar-refractivity contribution in [3.63, 3.8) is 0 Å². The van der Waals surface area contributed by atoms with E-state index in [1.54, 1.807) is 48.6 Å². The SMILES string of the molecule is C[C@H]1C[C@]2(CCCN(c3ccc4c(c3)C(=O)N(C3CCC(=O)NC3=O)C4=O)CC2)CCN1c1ccc(Nc2cc(-c3ccnc(N4CCn5c(cc6c5CC(C)(C)C6)C4=O)c3CO)cn(C)c2=O)nc1. The van der Waals surface area contributed by atoms with Gasteiger partial charge >= 0.3 is 0 Å². The van der Waals surface area contributed by atoms with E-state index >= 15 is 0 Å². The lowest BCUT2D eigenvalue weighted by Gasteiger charge is -2.46. The van der Waals surface area contributed by atoms with E-state index in [0.717, 1.165) is 80.9 Å². The maximum absolute atomic E-state index is 14.0. The van der Waals surface area contributed by atoms with Crippen LogP contribution in [0.15, 0.2) is 71.9 Å². The average Bonchev–Trinajstić information content (AvgIpc) is 3.85. The van der Waals surface area contributed by atoms with E-state index in [9.17, 15) is 33.9 Å². The number of aliphatic hydroxyl groups excluding tert-OH is 1. The van der Waals surface area contributed by atoms with Crippen LogP contribution >= 0.6 is 0 Å². The first-order chi connectivity index (χ1) is 33.6. The molecule has 3 atom stereocenters. The highest BCUT2D eigenvalue weighted by Gasteiger charge is 2.46. The van der Waals surface area contributed by atoms with E-state index in [1.807, 2.05) is 30.5 Å². The Labute approximate surface area is 405 Å². The molecule has 1 spiro atoms. The molecule has 5 aliphatic heterocycles. The lowest BCUT2D eigenvalue weighted by Crippen LogP contribution is -2.54. The minimum Gasteiger partial charge on any atom is -0.392 e. The molecule has 1 aromatic carbocycles. The number of hydrogen-bond acceptors (Lipinski definition) is 12. The first-order valence-corrected chi connectivity index (χ1v) is 24.5. The van der Waals surface area contributed by atoms with Crippen molar-refractivity contribution in [3.8, 4) is 11.1 Å². The molecule has 17 nitrogen and oxygen atoms in total. The van der Waals surface area contributed by atoms with E-state index in [0.29, 0.717) is 58.4 Å². The number of carbonyl (C=O) groups excluding carboxylic acids is 5. The highest BCUT2D eigenvalue weighted by atomic mass is 16.3. The van der Waals surface area contributed by atoms with Gasteiger partial charge in [-0.05, 0) is 129 Å². The van der Waals surface area contributed by atoms with E-state index in [2.05, 4.69) is 50.8 Å². The van der Waals surface area contributed by atoms with Gasteiger partial charge in [0.05, 0.1) is 29.6 Å². The van der Waals surface area contributed by atoms with Gasteiger partial charge in [-0.2, -0.15) is 0 Å². The van der Waals surface area contributed by atoms with Crippen LogP contribution in [0.2, 0.25) is 0 Å². The largest absolute Gasteiger partial charge is 0.392 e. The molecule has 3 N–H and O–H groups in total. The van der Waals surface area contributed by atoms with Gasteiger partial charge in [0.25, 0.3) is 23.3 Å². The molecule has 5 aromatic rings. The third-order valence-corrected chi connectivity index (χ3v) is 15.9. The molecule has 70 heavy (non-hydrogen) atoms. The quantitative estimate of drug-likeness (QED) is 0.160. The first kappa shape index (κ1) is 45.3. The van der Waals surface area contributed by atoms with Crippen LogP contribution in [-0.4, -0.2) is 96.9 Å². The number of aryl methyl sites for hydroxylation is 1. The predicted molar refractivity (Wildman–Crippen MR) is 263 cm³/mol. The number of nitrogens with one attached hydrogen (secondary N) is 2. The number of piperidine rings is 2. The Morgan fingerprint density at radius 1 is 0.829 bits per heavy atom. The maximum atomic E-state index is 14.0.